The maximum Gasteiger partial charge on any atom is 0.265 e. The summed E-state index contributed by atoms with van der Waals surface area (Å²) < 4.78 is 5.53. The Morgan fingerprint density at radius 1 is 1.17 bits per heavy atom. The van der Waals surface area contributed by atoms with Gasteiger partial charge >= 0.3 is 0 Å². The summed E-state index contributed by atoms with van der Waals surface area (Å²) in [5, 5.41) is 5.59. The summed E-state index contributed by atoms with van der Waals surface area (Å²) in [5.74, 6) is 0.0712. The zero-order valence-electron chi connectivity index (χ0n) is 13.8. The predicted molar refractivity (Wildman–Crippen MR) is 93.9 cm³/mol. The standard InChI is InChI=1S/C18H19N3O3/c1-11-17(22)20-15-9-4-12(10-16(15)24-11)18(23)19-13-5-7-14(8-6-13)21(2)3/h4-11H,1-3H3,(H,19,23)(H,20,22). The lowest BCUT2D eigenvalue weighted by atomic mass is 10.1. The molecule has 0 saturated carbocycles. The van der Waals surface area contributed by atoms with Gasteiger partial charge in [-0.05, 0) is 49.4 Å². The van der Waals surface area contributed by atoms with Gasteiger partial charge in [0, 0.05) is 31.0 Å². The Bertz CT molecular complexity index is 785. The van der Waals surface area contributed by atoms with E-state index in [9.17, 15) is 9.59 Å². The number of hydrogen-bond acceptors (Lipinski definition) is 4. The smallest absolute Gasteiger partial charge is 0.265 e. The molecule has 2 amide bonds. The van der Waals surface area contributed by atoms with E-state index in [-0.39, 0.29) is 11.8 Å². The van der Waals surface area contributed by atoms with Crippen LogP contribution in [0.3, 0.4) is 0 Å². The van der Waals surface area contributed by atoms with Crippen molar-refractivity contribution in [2.75, 3.05) is 29.6 Å². The second kappa shape index (κ2) is 6.23. The number of carbonyl (C=O) groups excluding carboxylic acids is 2. The number of hydrogen-bond donors (Lipinski definition) is 2. The van der Waals surface area contributed by atoms with Crippen LogP contribution in [0.25, 0.3) is 0 Å². The van der Waals surface area contributed by atoms with E-state index >= 15 is 0 Å². The molecular weight excluding hydrogens is 306 g/mol. The first-order valence-corrected chi connectivity index (χ1v) is 7.64. The highest BCUT2D eigenvalue weighted by molar-refractivity contribution is 6.06. The number of nitrogens with one attached hydrogen (secondary N) is 2. The minimum absolute atomic E-state index is 0.194. The SMILES string of the molecule is CC1Oc2cc(C(=O)Nc3ccc(N(C)C)cc3)ccc2NC1=O. The highest BCUT2D eigenvalue weighted by Gasteiger charge is 2.24. The van der Waals surface area contributed by atoms with Crippen LogP contribution in [0.1, 0.15) is 17.3 Å². The zero-order chi connectivity index (χ0) is 17.3. The number of anilines is 3. The molecule has 0 fully saturated rings. The van der Waals surface area contributed by atoms with Gasteiger partial charge in [-0.15, -0.1) is 0 Å². The maximum atomic E-state index is 12.4. The molecule has 124 valence electrons. The number of nitrogens with zero attached hydrogens (tertiary/aromatic N) is 1. The topological polar surface area (TPSA) is 70.7 Å². The first kappa shape index (κ1) is 15.9. The fraction of sp³-hybridized carbons (Fsp3) is 0.222. The van der Waals surface area contributed by atoms with Gasteiger partial charge in [0.25, 0.3) is 11.8 Å². The van der Waals surface area contributed by atoms with E-state index in [1.807, 2.05) is 43.3 Å². The van der Waals surface area contributed by atoms with Gasteiger partial charge in [-0.2, -0.15) is 0 Å². The largest absolute Gasteiger partial charge is 0.479 e. The van der Waals surface area contributed by atoms with E-state index in [4.69, 9.17) is 4.74 Å². The van der Waals surface area contributed by atoms with Gasteiger partial charge < -0.3 is 20.3 Å². The number of fused-ring (bicyclic) bond motifs is 1. The van der Waals surface area contributed by atoms with Crippen molar-refractivity contribution in [1.82, 2.24) is 0 Å². The molecule has 0 spiro atoms. The monoisotopic (exact) mass is 325 g/mol. The fourth-order valence-corrected chi connectivity index (χ4v) is 2.39. The molecule has 1 unspecified atom stereocenters. The Morgan fingerprint density at radius 2 is 1.88 bits per heavy atom. The van der Waals surface area contributed by atoms with Crippen LogP contribution >= 0.6 is 0 Å². The zero-order valence-corrected chi connectivity index (χ0v) is 13.8. The van der Waals surface area contributed by atoms with Crippen LogP contribution in [0.15, 0.2) is 42.5 Å². The Hall–Kier alpha value is -3.02. The van der Waals surface area contributed by atoms with Crippen molar-refractivity contribution in [3.05, 3.63) is 48.0 Å². The average molecular weight is 325 g/mol. The third kappa shape index (κ3) is 3.17. The quantitative estimate of drug-likeness (QED) is 0.910. The van der Waals surface area contributed by atoms with Gasteiger partial charge in [0.1, 0.15) is 5.75 Å². The summed E-state index contributed by atoms with van der Waals surface area (Å²) in [4.78, 5) is 26.0. The van der Waals surface area contributed by atoms with Crippen molar-refractivity contribution >= 4 is 28.9 Å². The van der Waals surface area contributed by atoms with Gasteiger partial charge in [-0.1, -0.05) is 0 Å². The molecule has 1 aliphatic rings. The third-order valence-corrected chi connectivity index (χ3v) is 3.82. The Morgan fingerprint density at radius 3 is 2.54 bits per heavy atom. The Labute approximate surface area is 140 Å². The molecule has 0 aromatic heterocycles. The minimum atomic E-state index is -0.575. The summed E-state index contributed by atoms with van der Waals surface area (Å²) in [6.45, 7) is 1.66. The first-order chi connectivity index (χ1) is 11.4. The van der Waals surface area contributed by atoms with Crippen LogP contribution in [-0.4, -0.2) is 32.0 Å². The number of ether oxygens (including phenoxy) is 1. The summed E-state index contributed by atoms with van der Waals surface area (Å²) >= 11 is 0. The number of benzene rings is 2. The van der Waals surface area contributed by atoms with E-state index < -0.39 is 6.10 Å². The molecule has 0 bridgehead atoms. The van der Waals surface area contributed by atoms with Gasteiger partial charge in [-0.3, -0.25) is 9.59 Å². The van der Waals surface area contributed by atoms with Crippen molar-refractivity contribution in [3.8, 4) is 5.75 Å². The molecule has 1 aliphatic heterocycles. The molecule has 3 rings (SSSR count). The van der Waals surface area contributed by atoms with Gasteiger partial charge in [0.2, 0.25) is 0 Å². The Kier molecular flexibility index (Phi) is 4.12. The molecule has 6 heteroatoms. The highest BCUT2D eigenvalue weighted by Crippen LogP contribution is 2.30. The highest BCUT2D eigenvalue weighted by atomic mass is 16.5. The molecule has 2 aromatic carbocycles. The second-order valence-electron chi connectivity index (χ2n) is 5.86. The fourth-order valence-electron chi connectivity index (χ4n) is 2.39. The normalized spacial score (nSPS) is 15.8. The van der Waals surface area contributed by atoms with Crippen LogP contribution in [0.4, 0.5) is 17.1 Å². The third-order valence-electron chi connectivity index (χ3n) is 3.82. The van der Waals surface area contributed by atoms with Crippen molar-refractivity contribution < 1.29 is 14.3 Å². The van der Waals surface area contributed by atoms with E-state index in [0.29, 0.717) is 22.7 Å². The summed E-state index contributed by atoms with van der Waals surface area (Å²) in [7, 11) is 3.92. The minimum Gasteiger partial charge on any atom is -0.479 e. The van der Waals surface area contributed by atoms with Crippen molar-refractivity contribution in [1.29, 1.82) is 0 Å². The first-order valence-electron chi connectivity index (χ1n) is 7.64. The second-order valence-corrected chi connectivity index (χ2v) is 5.86. The summed E-state index contributed by atoms with van der Waals surface area (Å²) in [6, 6.07) is 12.5. The number of amides is 2. The molecule has 2 aromatic rings. The van der Waals surface area contributed by atoms with Gasteiger partial charge in [-0.25, -0.2) is 0 Å². The van der Waals surface area contributed by atoms with E-state index in [2.05, 4.69) is 10.6 Å². The van der Waals surface area contributed by atoms with E-state index in [1.165, 1.54) is 0 Å². The Balaban J connectivity index is 1.76. The van der Waals surface area contributed by atoms with Crippen LogP contribution in [0.2, 0.25) is 0 Å². The lowest BCUT2D eigenvalue weighted by Gasteiger charge is -2.23. The average Bonchev–Trinajstić information content (AvgIpc) is 2.56. The summed E-state index contributed by atoms with van der Waals surface area (Å²) in [5.41, 5.74) is 2.81. The van der Waals surface area contributed by atoms with Crippen LogP contribution in [0.5, 0.6) is 5.75 Å². The lowest BCUT2D eigenvalue weighted by molar-refractivity contribution is -0.122. The van der Waals surface area contributed by atoms with Crippen molar-refractivity contribution in [2.45, 2.75) is 13.0 Å². The predicted octanol–water partition coefficient (Wildman–Crippen LogP) is 2.72. The van der Waals surface area contributed by atoms with Gasteiger partial charge in [0.15, 0.2) is 6.10 Å². The molecule has 1 heterocycles. The molecule has 24 heavy (non-hydrogen) atoms. The molecule has 6 nitrogen and oxygen atoms in total. The molecule has 2 N–H and O–H groups in total. The lowest BCUT2D eigenvalue weighted by Crippen LogP contribution is -2.34. The molecule has 1 atom stereocenters. The molecule has 0 radical (unpaired) electrons. The maximum absolute atomic E-state index is 12.4. The number of carbonyl (C=O) groups is 2. The molecule has 0 saturated heterocycles. The van der Waals surface area contributed by atoms with Crippen molar-refractivity contribution in [3.63, 3.8) is 0 Å². The van der Waals surface area contributed by atoms with Crippen molar-refractivity contribution in [2.24, 2.45) is 0 Å². The van der Waals surface area contributed by atoms with Crippen LogP contribution in [-0.2, 0) is 4.79 Å². The van der Waals surface area contributed by atoms with Gasteiger partial charge in [0.05, 0.1) is 5.69 Å². The van der Waals surface area contributed by atoms with Crippen LogP contribution < -0.4 is 20.3 Å². The summed E-state index contributed by atoms with van der Waals surface area (Å²) in [6.07, 6.45) is -0.575. The van der Waals surface area contributed by atoms with Crippen LogP contribution in [0, 0.1) is 0 Å². The number of rotatable bonds is 3. The molecular formula is C18H19N3O3. The van der Waals surface area contributed by atoms with E-state index in [1.54, 1.807) is 25.1 Å². The van der Waals surface area contributed by atoms with E-state index in [0.717, 1.165) is 5.69 Å². The molecule has 0 aliphatic carbocycles.